The monoisotopic (exact) mass is 464 g/mol. The Morgan fingerprint density at radius 2 is 1.68 bits per heavy atom. The van der Waals surface area contributed by atoms with Crippen molar-refractivity contribution in [3.05, 3.63) is 71.3 Å². The zero-order valence-electron chi connectivity index (χ0n) is 19.0. The highest BCUT2D eigenvalue weighted by atomic mass is 16.7. The largest absolute Gasteiger partial charge is 0.497 e. The summed E-state index contributed by atoms with van der Waals surface area (Å²) >= 11 is 0. The molecule has 0 radical (unpaired) electrons. The van der Waals surface area contributed by atoms with Gasteiger partial charge >= 0.3 is 0 Å². The van der Waals surface area contributed by atoms with E-state index in [1.165, 1.54) is 20.4 Å². The van der Waals surface area contributed by atoms with Crippen molar-refractivity contribution in [3.63, 3.8) is 0 Å². The van der Waals surface area contributed by atoms with E-state index in [2.05, 4.69) is 10.5 Å². The minimum absolute atomic E-state index is 0.227. The molecule has 0 fully saturated rings. The van der Waals surface area contributed by atoms with Crippen molar-refractivity contribution in [2.45, 2.75) is 6.61 Å². The molecule has 0 unspecified atom stereocenters. The molecule has 0 spiro atoms. The molecular weight excluding hydrogens is 440 g/mol. The lowest BCUT2D eigenvalue weighted by molar-refractivity contribution is 0.0954. The first-order valence-corrected chi connectivity index (χ1v) is 10.4. The van der Waals surface area contributed by atoms with E-state index in [-0.39, 0.29) is 6.79 Å². The predicted molar refractivity (Wildman–Crippen MR) is 124 cm³/mol. The van der Waals surface area contributed by atoms with Crippen LogP contribution in [-0.2, 0) is 6.61 Å². The maximum Gasteiger partial charge on any atom is 0.271 e. The number of hydrogen-bond acceptors (Lipinski definition) is 8. The molecule has 1 aliphatic rings. The second-order valence-electron chi connectivity index (χ2n) is 7.19. The average Bonchev–Trinajstić information content (AvgIpc) is 3.35. The fourth-order valence-electron chi connectivity index (χ4n) is 3.24. The Morgan fingerprint density at radius 3 is 2.41 bits per heavy atom. The van der Waals surface area contributed by atoms with Gasteiger partial charge in [-0.3, -0.25) is 4.79 Å². The first-order chi connectivity index (χ1) is 16.6. The summed E-state index contributed by atoms with van der Waals surface area (Å²) in [5, 5.41) is 4.03. The number of methoxy groups -OCH3 is 3. The summed E-state index contributed by atoms with van der Waals surface area (Å²) in [7, 11) is 4.59. The first kappa shape index (κ1) is 22.8. The van der Waals surface area contributed by atoms with Crippen LogP contribution in [0.1, 0.15) is 21.5 Å². The number of hydrazone groups is 1. The maximum atomic E-state index is 12.4. The molecule has 0 saturated heterocycles. The molecule has 1 N–H and O–H groups in total. The Balaban J connectivity index is 1.39. The SMILES string of the molecule is COc1cc(OC)cc(C(=O)N/N=C\c2ccc(OCc3ccc4c(c3)OCO4)c(OC)c2)c1. The lowest BCUT2D eigenvalue weighted by atomic mass is 10.2. The molecule has 0 aliphatic carbocycles. The van der Waals surface area contributed by atoms with Crippen molar-refractivity contribution in [1.29, 1.82) is 0 Å². The standard InChI is InChI=1S/C25H24N2O7/c1-29-19-10-18(11-20(12-19)30-2)25(28)27-26-13-16-4-6-21(23(8-16)31-3)32-14-17-5-7-22-24(9-17)34-15-33-22/h4-13H,14-15H2,1-3H3,(H,27,28)/b26-13-. The van der Waals surface area contributed by atoms with Crippen LogP contribution in [0.15, 0.2) is 59.7 Å². The topological polar surface area (TPSA) is 96.8 Å². The second-order valence-corrected chi connectivity index (χ2v) is 7.19. The molecule has 9 nitrogen and oxygen atoms in total. The van der Waals surface area contributed by atoms with Crippen LogP contribution >= 0.6 is 0 Å². The number of hydrogen-bond donors (Lipinski definition) is 1. The molecule has 0 saturated carbocycles. The van der Waals surface area contributed by atoms with Crippen molar-refractivity contribution in [3.8, 4) is 34.5 Å². The van der Waals surface area contributed by atoms with E-state index in [9.17, 15) is 4.79 Å². The Labute approximate surface area is 196 Å². The summed E-state index contributed by atoms with van der Waals surface area (Å²) in [6.07, 6.45) is 1.51. The number of carbonyl (C=O) groups excluding carboxylic acids is 1. The smallest absolute Gasteiger partial charge is 0.271 e. The quantitative estimate of drug-likeness (QED) is 0.380. The summed E-state index contributed by atoms with van der Waals surface area (Å²) in [5.41, 5.74) is 4.51. The Kier molecular flexibility index (Phi) is 7.02. The number of ether oxygens (including phenoxy) is 6. The van der Waals surface area contributed by atoms with Gasteiger partial charge in [-0.25, -0.2) is 5.43 Å². The van der Waals surface area contributed by atoms with Gasteiger partial charge in [-0.15, -0.1) is 0 Å². The van der Waals surface area contributed by atoms with Gasteiger partial charge in [0.1, 0.15) is 18.1 Å². The molecule has 1 heterocycles. The second kappa shape index (κ2) is 10.5. The van der Waals surface area contributed by atoms with Gasteiger partial charge in [0.15, 0.2) is 23.0 Å². The molecule has 0 aromatic heterocycles. The molecule has 1 aliphatic heterocycles. The summed E-state index contributed by atoms with van der Waals surface area (Å²) in [6.45, 7) is 0.561. The van der Waals surface area contributed by atoms with Gasteiger partial charge < -0.3 is 28.4 Å². The molecule has 0 atom stereocenters. The van der Waals surface area contributed by atoms with Gasteiger partial charge in [0.25, 0.3) is 5.91 Å². The highest BCUT2D eigenvalue weighted by Gasteiger charge is 2.14. The average molecular weight is 464 g/mol. The van der Waals surface area contributed by atoms with Crippen molar-refractivity contribution in [1.82, 2.24) is 5.43 Å². The number of rotatable bonds is 9. The van der Waals surface area contributed by atoms with E-state index in [0.29, 0.717) is 40.9 Å². The number of fused-ring (bicyclic) bond motifs is 1. The number of nitrogens with zero attached hydrogens (tertiary/aromatic N) is 1. The molecule has 3 aromatic rings. The fourth-order valence-corrected chi connectivity index (χ4v) is 3.24. The minimum atomic E-state index is -0.399. The third kappa shape index (κ3) is 5.32. The minimum Gasteiger partial charge on any atom is -0.497 e. The van der Waals surface area contributed by atoms with E-state index in [4.69, 9.17) is 28.4 Å². The first-order valence-electron chi connectivity index (χ1n) is 10.4. The molecular formula is C25H24N2O7. The van der Waals surface area contributed by atoms with Crippen molar-refractivity contribution in [2.24, 2.45) is 5.10 Å². The summed E-state index contributed by atoms with van der Waals surface area (Å²) < 4.78 is 32.5. The van der Waals surface area contributed by atoms with Crippen LogP contribution in [0.5, 0.6) is 34.5 Å². The Bertz CT molecular complexity index is 1190. The number of benzene rings is 3. The molecule has 1 amide bonds. The van der Waals surface area contributed by atoms with Crippen LogP contribution in [0, 0.1) is 0 Å². The van der Waals surface area contributed by atoms with Gasteiger partial charge in [-0.2, -0.15) is 5.10 Å². The van der Waals surface area contributed by atoms with Crippen LogP contribution in [0.4, 0.5) is 0 Å². The molecule has 4 rings (SSSR count). The summed E-state index contributed by atoms with van der Waals surface area (Å²) in [4.78, 5) is 12.4. The summed E-state index contributed by atoms with van der Waals surface area (Å²) in [6, 6.07) is 15.9. The van der Waals surface area contributed by atoms with Crippen LogP contribution in [-0.4, -0.2) is 40.2 Å². The van der Waals surface area contributed by atoms with Gasteiger partial charge in [0.2, 0.25) is 6.79 Å². The normalized spacial score (nSPS) is 11.9. The maximum absolute atomic E-state index is 12.4. The van der Waals surface area contributed by atoms with Crippen molar-refractivity contribution in [2.75, 3.05) is 28.1 Å². The third-order valence-corrected chi connectivity index (χ3v) is 5.01. The van der Waals surface area contributed by atoms with Gasteiger partial charge in [-0.05, 0) is 53.6 Å². The lowest BCUT2D eigenvalue weighted by Crippen LogP contribution is -2.17. The van der Waals surface area contributed by atoms with Gasteiger partial charge in [-0.1, -0.05) is 6.07 Å². The van der Waals surface area contributed by atoms with E-state index in [1.54, 1.807) is 37.4 Å². The zero-order chi connectivity index (χ0) is 23.9. The molecule has 176 valence electrons. The van der Waals surface area contributed by atoms with E-state index >= 15 is 0 Å². The highest BCUT2D eigenvalue weighted by molar-refractivity contribution is 5.95. The molecule has 0 bridgehead atoms. The third-order valence-electron chi connectivity index (χ3n) is 5.01. The van der Waals surface area contributed by atoms with Crippen molar-refractivity contribution >= 4 is 12.1 Å². The molecule has 34 heavy (non-hydrogen) atoms. The van der Waals surface area contributed by atoms with Crippen LogP contribution in [0.2, 0.25) is 0 Å². The Morgan fingerprint density at radius 1 is 0.912 bits per heavy atom. The van der Waals surface area contributed by atoms with Crippen LogP contribution in [0.3, 0.4) is 0 Å². The number of nitrogens with one attached hydrogen (secondary N) is 1. The van der Waals surface area contributed by atoms with Gasteiger partial charge in [0.05, 0.1) is 27.5 Å². The number of amides is 1. The van der Waals surface area contributed by atoms with E-state index in [1.807, 2.05) is 24.3 Å². The lowest BCUT2D eigenvalue weighted by Gasteiger charge is -2.11. The summed E-state index contributed by atoms with van der Waals surface area (Å²) in [5.74, 6) is 3.16. The molecule has 9 heteroatoms. The van der Waals surface area contributed by atoms with Crippen LogP contribution in [0.25, 0.3) is 0 Å². The van der Waals surface area contributed by atoms with E-state index in [0.717, 1.165) is 16.9 Å². The molecule has 3 aromatic carbocycles. The fraction of sp³-hybridized carbons (Fsp3) is 0.200. The van der Waals surface area contributed by atoms with Crippen LogP contribution < -0.4 is 33.8 Å². The predicted octanol–water partition coefficient (Wildman–Crippen LogP) is 3.78. The van der Waals surface area contributed by atoms with Crippen molar-refractivity contribution < 1.29 is 33.2 Å². The van der Waals surface area contributed by atoms with Gasteiger partial charge in [0, 0.05) is 11.6 Å². The van der Waals surface area contributed by atoms with E-state index < -0.39 is 5.91 Å². The zero-order valence-corrected chi connectivity index (χ0v) is 19.0. The number of carbonyl (C=O) groups is 1. The highest BCUT2D eigenvalue weighted by Crippen LogP contribution is 2.34. The Hall–Kier alpha value is -4.40.